The fourth-order valence-electron chi connectivity index (χ4n) is 1.28. The van der Waals surface area contributed by atoms with Crippen LogP contribution in [0.3, 0.4) is 0 Å². The van der Waals surface area contributed by atoms with Gasteiger partial charge in [0.05, 0.1) is 0 Å². The van der Waals surface area contributed by atoms with E-state index in [2.05, 4.69) is 43.1 Å². The number of benzene rings is 1. The fourth-order valence-corrected chi connectivity index (χ4v) is 1.54. The fraction of sp³-hybridized carbons (Fsp3) is 0.400. The minimum atomic E-state index is 0.909. The van der Waals surface area contributed by atoms with Crippen LogP contribution in [0.2, 0.25) is 0 Å². The zero-order chi connectivity index (χ0) is 8.97. The van der Waals surface area contributed by atoms with Crippen LogP contribution in [0, 0.1) is 6.92 Å². The standard InChI is InChI=1S/C10H15NS/c1-8-5-9(3-4-12)7-10(6-8)11-2/h5-7,11-12H,3-4H2,1-2H3. The second-order valence-corrected chi connectivity index (χ2v) is 3.38. The average molecular weight is 181 g/mol. The Bertz CT molecular complexity index is 258. The first kappa shape index (κ1) is 9.46. The SMILES string of the molecule is CNc1cc(C)cc(CCS)c1. The molecule has 0 aliphatic rings. The summed E-state index contributed by atoms with van der Waals surface area (Å²) in [6.07, 6.45) is 1.04. The Morgan fingerprint density at radius 3 is 2.67 bits per heavy atom. The van der Waals surface area contributed by atoms with Crippen LogP contribution in [0.4, 0.5) is 5.69 Å². The number of hydrogen-bond acceptors (Lipinski definition) is 2. The van der Waals surface area contributed by atoms with Gasteiger partial charge in [-0.1, -0.05) is 6.07 Å². The summed E-state index contributed by atoms with van der Waals surface area (Å²) in [5.74, 6) is 0.909. The third-order valence-electron chi connectivity index (χ3n) is 1.83. The summed E-state index contributed by atoms with van der Waals surface area (Å²) >= 11 is 4.21. The molecule has 0 fully saturated rings. The number of rotatable bonds is 3. The van der Waals surface area contributed by atoms with Gasteiger partial charge in [-0.2, -0.15) is 12.6 Å². The predicted molar refractivity (Wildman–Crippen MR) is 58.3 cm³/mol. The van der Waals surface area contributed by atoms with E-state index in [0.29, 0.717) is 0 Å². The van der Waals surface area contributed by atoms with Gasteiger partial charge in [0.25, 0.3) is 0 Å². The van der Waals surface area contributed by atoms with Crippen LogP contribution in [0.1, 0.15) is 11.1 Å². The number of hydrogen-bond donors (Lipinski definition) is 2. The van der Waals surface area contributed by atoms with Gasteiger partial charge < -0.3 is 5.32 Å². The van der Waals surface area contributed by atoms with Crippen LogP contribution in [-0.4, -0.2) is 12.8 Å². The van der Waals surface area contributed by atoms with Gasteiger partial charge in [0.1, 0.15) is 0 Å². The lowest BCUT2D eigenvalue weighted by Crippen LogP contribution is -1.93. The van der Waals surface area contributed by atoms with E-state index in [9.17, 15) is 0 Å². The molecule has 0 aliphatic carbocycles. The molecule has 1 aromatic carbocycles. The van der Waals surface area contributed by atoms with Gasteiger partial charge in [0.2, 0.25) is 0 Å². The maximum atomic E-state index is 4.21. The van der Waals surface area contributed by atoms with Gasteiger partial charge in [-0.15, -0.1) is 0 Å². The van der Waals surface area contributed by atoms with E-state index in [4.69, 9.17) is 0 Å². The summed E-state index contributed by atoms with van der Waals surface area (Å²) in [6, 6.07) is 6.52. The number of nitrogens with one attached hydrogen (secondary N) is 1. The van der Waals surface area contributed by atoms with Crippen LogP contribution in [0.5, 0.6) is 0 Å². The van der Waals surface area contributed by atoms with Crippen LogP contribution >= 0.6 is 12.6 Å². The number of anilines is 1. The molecule has 0 amide bonds. The van der Waals surface area contributed by atoms with E-state index in [-0.39, 0.29) is 0 Å². The van der Waals surface area contributed by atoms with Crippen molar-refractivity contribution < 1.29 is 0 Å². The Morgan fingerprint density at radius 1 is 1.33 bits per heavy atom. The molecule has 2 heteroatoms. The summed E-state index contributed by atoms with van der Waals surface area (Å²) in [5.41, 5.74) is 3.85. The zero-order valence-electron chi connectivity index (χ0n) is 7.59. The molecule has 66 valence electrons. The molecule has 1 nitrogen and oxygen atoms in total. The van der Waals surface area contributed by atoms with E-state index in [0.717, 1.165) is 12.2 Å². The Kier molecular flexibility index (Phi) is 3.48. The molecule has 0 saturated heterocycles. The molecular formula is C10H15NS. The lowest BCUT2D eigenvalue weighted by Gasteiger charge is -2.05. The summed E-state index contributed by atoms with van der Waals surface area (Å²) in [6.45, 7) is 2.11. The molecule has 1 aromatic rings. The molecule has 0 spiro atoms. The first-order valence-electron chi connectivity index (χ1n) is 4.15. The normalized spacial score (nSPS) is 9.92. The van der Waals surface area contributed by atoms with Crippen molar-refractivity contribution in [1.82, 2.24) is 0 Å². The first-order chi connectivity index (χ1) is 5.76. The summed E-state index contributed by atoms with van der Waals surface area (Å²) in [4.78, 5) is 0. The van der Waals surface area contributed by atoms with Crippen LogP contribution in [-0.2, 0) is 6.42 Å². The molecular weight excluding hydrogens is 166 g/mol. The van der Waals surface area contributed by atoms with Gasteiger partial charge in [0.15, 0.2) is 0 Å². The van der Waals surface area contributed by atoms with Crippen molar-refractivity contribution in [1.29, 1.82) is 0 Å². The molecule has 0 radical (unpaired) electrons. The molecule has 1 N–H and O–H groups in total. The van der Waals surface area contributed by atoms with Crippen LogP contribution in [0.15, 0.2) is 18.2 Å². The van der Waals surface area contributed by atoms with Crippen molar-refractivity contribution in [2.45, 2.75) is 13.3 Å². The van der Waals surface area contributed by atoms with Gasteiger partial charge in [-0.05, 0) is 42.4 Å². The number of aryl methyl sites for hydroxylation is 2. The minimum absolute atomic E-state index is 0.909. The lowest BCUT2D eigenvalue weighted by atomic mass is 10.1. The maximum absolute atomic E-state index is 4.21. The monoisotopic (exact) mass is 181 g/mol. The Balaban J connectivity index is 2.90. The quantitative estimate of drug-likeness (QED) is 0.683. The Labute approximate surface area is 79.6 Å². The van der Waals surface area contributed by atoms with Crippen molar-refractivity contribution in [3.05, 3.63) is 29.3 Å². The highest BCUT2D eigenvalue weighted by atomic mass is 32.1. The molecule has 1 rings (SSSR count). The summed E-state index contributed by atoms with van der Waals surface area (Å²) < 4.78 is 0. The van der Waals surface area contributed by atoms with Crippen molar-refractivity contribution in [2.75, 3.05) is 18.1 Å². The Morgan fingerprint density at radius 2 is 2.08 bits per heavy atom. The smallest absolute Gasteiger partial charge is 0.0342 e. The third-order valence-corrected chi connectivity index (χ3v) is 2.05. The molecule has 0 saturated carbocycles. The van der Waals surface area contributed by atoms with Gasteiger partial charge >= 0.3 is 0 Å². The van der Waals surface area contributed by atoms with E-state index in [1.54, 1.807) is 0 Å². The van der Waals surface area contributed by atoms with Gasteiger partial charge in [0, 0.05) is 12.7 Å². The molecule has 0 bridgehead atoms. The lowest BCUT2D eigenvalue weighted by molar-refractivity contribution is 1.15. The minimum Gasteiger partial charge on any atom is -0.388 e. The van der Waals surface area contributed by atoms with Crippen molar-refractivity contribution in [2.24, 2.45) is 0 Å². The first-order valence-corrected chi connectivity index (χ1v) is 4.78. The van der Waals surface area contributed by atoms with Gasteiger partial charge in [-0.25, -0.2) is 0 Å². The molecule has 0 aromatic heterocycles. The topological polar surface area (TPSA) is 12.0 Å². The largest absolute Gasteiger partial charge is 0.388 e. The molecule has 0 unspecified atom stereocenters. The molecule has 0 heterocycles. The van der Waals surface area contributed by atoms with Crippen molar-refractivity contribution >= 4 is 18.3 Å². The highest BCUT2D eigenvalue weighted by Gasteiger charge is 1.95. The van der Waals surface area contributed by atoms with E-state index >= 15 is 0 Å². The third kappa shape index (κ3) is 2.45. The van der Waals surface area contributed by atoms with Crippen molar-refractivity contribution in [3.8, 4) is 0 Å². The van der Waals surface area contributed by atoms with E-state index in [1.165, 1.54) is 16.8 Å². The molecule has 0 atom stereocenters. The molecule has 12 heavy (non-hydrogen) atoms. The Hall–Kier alpha value is -0.630. The number of thiol groups is 1. The summed E-state index contributed by atoms with van der Waals surface area (Å²) in [7, 11) is 1.94. The maximum Gasteiger partial charge on any atom is 0.0342 e. The second kappa shape index (κ2) is 4.41. The van der Waals surface area contributed by atoms with E-state index < -0.39 is 0 Å². The summed E-state index contributed by atoms with van der Waals surface area (Å²) in [5, 5.41) is 3.14. The highest BCUT2D eigenvalue weighted by Crippen LogP contribution is 2.14. The van der Waals surface area contributed by atoms with Crippen LogP contribution < -0.4 is 5.32 Å². The molecule has 0 aliphatic heterocycles. The highest BCUT2D eigenvalue weighted by molar-refractivity contribution is 7.80. The van der Waals surface area contributed by atoms with Crippen LogP contribution in [0.25, 0.3) is 0 Å². The average Bonchev–Trinajstić information content (AvgIpc) is 2.04. The second-order valence-electron chi connectivity index (χ2n) is 2.93. The van der Waals surface area contributed by atoms with Crippen molar-refractivity contribution in [3.63, 3.8) is 0 Å². The van der Waals surface area contributed by atoms with Gasteiger partial charge in [-0.3, -0.25) is 0 Å². The predicted octanol–water partition coefficient (Wildman–Crippen LogP) is 2.51. The zero-order valence-corrected chi connectivity index (χ0v) is 8.49. The van der Waals surface area contributed by atoms with E-state index in [1.807, 2.05) is 7.05 Å².